The van der Waals surface area contributed by atoms with Crippen molar-refractivity contribution in [3.8, 4) is 0 Å². The number of aliphatic hydroxyl groups excluding tert-OH is 1. The van der Waals surface area contributed by atoms with Gasteiger partial charge >= 0.3 is 6.09 Å². The van der Waals surface area contributed by atoms with Gasteiger partial charge in [-0.2, -0.15) is 0 Å². The summed E-state index contributed by atoms with van der Waals surface area (Å²) in [5, 5.41) is 20.0. The summed E-state index contributed by atoms with van der Waals surface area (Å²) in [6.45, 7) is 7.19. The first kappa shape index (κ1) is 17.5. The standard InChI is InChI=1S/C16H26N2O3/c1-15(2,3)18(14(20)21)16(4,13(19)11-17)10-12-8-6-5-7-9-12/h5-9,13,19H,10-11,17H2,1-4H3,(H,20,21)/t13?,16-/m1/s1. The molecule has 2 atom stereocenters. The predicted octanol–water partition coefficient (Wildman–Crippen LogP) is 2.09. The Morgan fingerprint density at radius 2 is 1.76 bits per heavy atom. The molecule has 0 saturated heterocycles. The molecule has 1 amide bonds. The third-order valence-electron chi connectivity index (χ3n) is 3.72. The maximum Gasteiger partial charge on any atom is 0.408 e. The molecule has 0 aliphatic heterocycles. The number of amides is 1. The van der Waals surface area contributed by atoms with Crippen LogP contribution in [-0.2, 0) is 6.42 Å². The normalized spacial score (nSPS) is 16.1. The van der Waals surface area contributed by atoms with Crippen molar-refractivity contribution in [3.63, 3.8) is 0 Å². The zero-order valence-electron chi connectivity index (χ0n) is 13.2. The molecule has 0 fully saturated rings. The second-order valence-electron chi connectivity index (χ2n) is 6.56. The van der Waals surface area contributed by atoms with E-state index >= 15 is 0 Å². The molecule has 0 saturated carbocycles. The third kappa shape index (κ3) is 3.95. The summed E-state index contributed by atoms with van der Waals surface area (Å²) in [5.41, 5.74) is 4.94. The quantitative estimate of drug-likeness (QED) is 0.776. The zero-order chi connectivity index (χ0) is 16.3. The van der Waals surface area contributed by atoms with Crippen LogP contribution in [0.4, 0.5) is 4.79 Å². The van der Waals surface area contributed by atoms with Gasteiger partial charge in [0.2, 0.25) is 0 Å². The lowest BCUT2D eigenvalue weighted by Crippen LogP contribution is -2.65. The van der Waals surface area contributed by atoms with Crippen LogP contribution < -0.4 is 5.73 Å². The Morgan fingerprint density at radius 1 is 1.24 bits per heavy atom. The van der Waals surface area contributed by atoms with E-state index in [1.165, 1.54) is 4.90 Å². The van der Waals surface area contributed by atoms with Crippen molar-refractivity contribution in [3.05, 3.63) is 35.9 Å². The monoisotopic (exact) mass is 294 g/mol. The van der Waals surface area contributed by atoms with Crippen LogP contribution in [0.25, 0.3) is 0 Å². The van der Waals surface area contributed by atoms with Gasteiger partial charge in [0.1, 0.15) is 0 Å². The minimum Gasteiger partial charge on any atom is -0.465 e. The van der Waals surface area contributed by atoms with E-state index in [1.54, 1.807) is 6.92 Å². The molecule has 1 rings (SSSR count). The van der Waals surface area contributed by atoms with Gasteiger partial charge in [-0.15, -0.1) is 0 Å². The molecule has 21 heavy (non-hydrogen) atoms. The molecule has 1 aromatic rings. The fourth-order valence-corrected chi connectivity index (χ4v) is 2.88. The summed E-state index contributed by atoms with van der Waals surface area (Å²) in [7, 11) is 0. The van der Waals surface area contributed by atoms with Gasteiger partial charge < -0.3 is 15.9 Å². The number of aliphatic hydroxyl groups is 1. The lowest BCUT2D eigenvalue weighted by atomic mass is 9.82. The molecule has 5 nitrogen and oxygen atoms in total. The second kappa shape index (κ2) is 6.45. The minimum atomic E-state index is -1.06. The molecule has 118 valence electrons. The third-order valence-corrected chi connectivity index (χ3v) is 3.72. The maximum atomic E-state index is 11.8. The summed E-state index contributed by atoms with van der Waals surface area (Å²) in [4.78, 5) is 13.1. The fourth-order valence-electron chi connectivity index (χ4n) is 2.88. The molecular weight excluding hydrogens is 268 g/mol. The lowest BCUT2D eigenvalue weighted by Gasteiger charge is -2.49. The largest absolute Gasteiger partial charge is 0.465 e. The molecule has 0 radical (unpaired) electrons. The summed E-state index contributed by atoms with van der Waals surface area (Å²) in [6, 6.07) is 9.53. The van der Waals surface area contributed by atoms with Crippen molar-refractivity contribution >= 4 is 6.09 Å². The van der Waals surface area contributed by atoms with E-state index in [4.69, 9.17) is 5.73 Å². The predicted molar refractivity (Wildman–Crippen MR) is 83.2 cm³/mol. The molecule has 0 aliphatic rings. The van der Waals surface area contributed by atoms with Crippen LogP contribution in [0.2, 0.25) is 0 Å². The van der Waals surface area contributed by atoms with E-state index < -0.39 is 23.3 Å². The Balaban J connectivity index is 3.28. The van der Waals surface area contributed by atoms with Gasteiger partial charge in [-0.3, -0.25) is 4.90 Å². The first-order valence-corrected chi connectivity index (χ1v) is 7.08. The van der Waals surface area contributed by atoms with Gasteiger partial charge in [0.15, 0.2) is 0 Å². The number of hydrogen-bond acceptors (Lipinski definition) is 3. The molecular formula is C16H26N2O3. The molecule has 4 N–H and O–H groups in total. The van der Waals surface area contributed by atoms with Crippen LogP contribution in [-0.4, -0.2) is 44.9 Å². The molecule has 1 unspecified atom stereocenters. The molecule has 0 spiro atoms. The van der Waals surface area contributed by atoms with Crippen LogP contribution in [0, 0.1) is 0 Å². The van der Waals surface area contributed by atoms with Crippen molar-refractivity contribution < 1.29 is 15.0 Å². The molecule has 0 aromatic heterocycles. The van der Waals surface area contributed by atoms with Gasteiger partial charge in [-0.05, 0) is 39.7 Å². The van der Waals surface area contributed by atoms with Crippen molar-refractivity contribution in [2.24, 2.45) is 5.73 Å². The van der Waals surface area contributed by atoms with Gasteiger partial charge in [0, 0.05) is 12.1 Å². The van der Waals surface area contributed by atoms with Crippen LogP contribution in [0.15, 0.2) is 30.3 Å². The van der Waals surface area contributed by atoms with E-state index in [-0.39, 0.29) is 6.54 Å². The number of nitrogens with zero attached hydrogens (tertiary/aromatic N) is 1. The molecule has 0 heterocycles. The number of hydrogen-bond donors (Lipinski definition) is 3. The average molecular weight is 294 g/mol. The number of carbonyl (C=O) groups is 1. The smallest absolute Gasteiger partial charge is 0.408 e. The van der Waals surface area contributed by atoms with Crippen molar-refractivity contribution in [1.29, 1.82) is 0 Å². The zero-order valence-corrected chi connectivity index (χ0v) is 13.2. The van der Waals surface area contributed by atoms with Crippen LogP contribution in [0.5, 0.6) is 0 Å². The van der Waals surface area contributed by atoms with E-state index in [1.807, 2.05) is 51.1 Å². The van der Waals surface area contributed by atoms with Crippen LogP contribution in [0.1, 0.15) is 33.3 Å². The minimum absolute atomic E-state index is 0.00317. The highest BCUT2D eigenvalue weighted by Crippen LogP contribution is 2.31. The van der Waals surface area contributed by atoms with Gasteiger partial charge in [0.05, 0.1) is 11.6 Å². The Bertz CT molecular complexity index is 470. The molecule has 0 bridgehead atoms. The Labute approximate surface area is 126 Å². The Kier molecular flexibility index (Phi) is 5.36. The fraction of sp³-hybridized carbons (Fsp3) is 0.562. The summed E-state index contributed by atoms with van der Waals surface area (Å²) in [5.74, 6) is 0. The van der Waals surface area contributed by atoms with Gasteiger partial charge in [-0.1, -0.05) is 30.3 Å². The van der Waals surface area contributed by atoms with E-state index in [9.17, 15) is 15.0 Å². The summed E-state index contributed by atoms with van der Waals surface area (Å²) < 4.78 is 0. The summed E-state index contributed by atoms with van der Waals surface area (Å²) in [6.07, 6.45) is -1.61. The maximum absolute atomic E-state index is 11.8. The highest BCUT2D eigenvalue weighted by Gasteiger charge is 2.46. The van der Waals surface area contributed by atoms with Crippen LogP contribution >= 0.6 is 0 Å². The Morgan fingerprint density at radius 3 is 2.14 bits per heavy atom. The van der Waals surface area contributed by atoms with Gasteiger partial charge in [0.25, 0.3) is 0 Å². The van der Waals surface area contributed by atoms with E-state index in [0.29, 0.717) is 6.42 Å². The first-order valence-electron chi connectivity index (χ1n) is 7.08. The van der Waals surface area contributed by atoms with Gasteiger partial charge in [-0.25, -0.2) is 4.79 Å². The summed E-state index contributed by atoms with van der Waals surface area (Å²) >= 11 is 0. The molecule has 0 aliphatic carbocycles. The van der Waals surface area contributed by atoms with Crippen molar-refractivity contribution in [1.82, 2.24) is 4.90 Å². The number of rotatable bonds is 5. The number of carboxylic acid groups (broad SMARTS) is 1. The first-order chi connectivity index (χ1) is 9.63. The topological polar surface area (TPSA) is 86.8 Å². The number of nitrogens with two attached hydrogens (primary N) is 1. The van der Waals surface area contributed by atoms with Crippen molar-refractivity contribution in [2.45, 2.75) is 51.3 Å². The lowest BCUT2D eigenvalue weighted by molar-refractivity contribution is -0.0466. The van der Waals surface area contributed by atoms with Crippen LogP contribution in [0.3, 0.4) is 0 Å². The second-order valence-corrected chi connectivity index (χ2v) is 6.56. The molecule has 5 heteroatoms. The molecule has 1 aromatic carbocycles. The van der Waals surface area contributed by atoms with Crippen molar-refractivity contribution in [2.75, 3.05) is 6.54 Å². The number of benzene rings is 1. The SMILES string of the molecule is CC(C)(C)N(C(=O)O)[C@](C)(Cc1ccccc1)C(O)CN. The highest BCUT2D eigenvalue weighted by molar-refractivity contribution is 5.67. The Hall–Kier alpha value is -1.59. The highest BCUT2D eigenvalue weighted by atomic mass is 16.4. The van der Waals surface area contributed by atoms with E-state index in [0.717, 1.165) is 5.56 Å². The van der Waals surface area contributed by atoms with E-state index in [2.05, 4.69) is 0 Å². The average Bonchev–Trinajstić information content (AvgIpc) is 2.36.